The van der Waals surface area contributed by atoms with E-state index in [4.69, 9.17) is 11.6 Å². The smallest absolute Gasteiger partial charge is 0.157 e. The molecule has 0 saturated heterocycles. The van der Waals surface area contributed by atoms with Gasteiger partial charge in [0.15, 0.2) is 5.78 Å². The lowest BCUT2D eigenvalue weighted by atomic mass is 9.95. The zero-order chi connectivity index (χ0) is 7.19. The van der Waals surface area contributed by atoms with Crippen molar-refractivity contribution in [1.29, 1.82) is 0 Å². The van der Waals surface area contributed by atoms with Gasteiger partial charge in [0.05, 0.1) is 0 Å². The SMILES string of the molecule is O=C1CC2CC=CC1(Cl)C2. The van der Waals surface area contributed by atoms with E-state index in [1.807, 2.05) is 12.2 Å². The minimum absolute atomic E-state index is 0.216. The summed E-state index contributed by atoms with van der Waals surface area (Å²) in [5.74, 6) is 0.753. The largest absolute Gasteiger partial charge is 0.297 e. The van der Waals surface area contributed by atoms with E-state index < -0.39 is 4.87 Å². The van der Waals surface area contributed by atoms with Crippen molar-refractivity contribution in [3.8, 4) is 0 Å². The van der Waals surface area contributed by atoms with Crippen LogP contribution in [0.1, 0.15) is 19.3 Å². The molecule has 0 radical (unpaired) electrons. The Morgan fingerprint density at radius 2 is 2.50 bits per heavy atom. The molecule has 0 N–H and O–H groups in total. The van der Waals surface area contributed by atoms with Crippen LogP contribution in [0.4, 0.5) is 0 Å². The van der Waals surface area contributed by atoms with Gasteiger partial charge in [-0.05, 0) is 18.8 Å². The number of alkyl halides is 1. The average molecular weight is 157 g/mol. The van der Waals surface area contributed by atoms with Crippen molar-refractivity contribution in [2.75, 3.05) is 0 Å². The van der Waals surface area contributed by atoms with E-state index in [1.165, 1.54) is 0 Å². The maximum absolute atomic E-state index is 11.2. The van der Waals surface area contributed by atoms with E-state index in [9.17, 15) is 4.79 Å². The number of carbonyl (C=O) groups excluding carboxylic acids is 1. The summed E-state index contributed by atoms with van der Waals surface area (Å²) in [5.41, 5.74) is 0. The molecule has 0 spiro atoms. The highest BCUT2D eigenvalue weighted by Crippen LogP contribution is 2.42. The van der Waals surface area contributed by atoms with E-state index in [0.717, 1.165) is 12.8 Å². The molecule has 0 aliphatic heterocycles. The van der Waals surface area contributed by atoms with Crippen LogP contribution in [-0.2, 0) is 4.79 Å². The van der Waals surface area contributed by atoms with Crippen molar-refractivity contribution in [1.82, 2.24) is 0 Å². The molecule has 0 aromatic rings. The molecule has 2 bridgehead atoms. The van der Waals surface area contributed by atoms with Crippen molar-refractivity contribution in [3.63, 3.8) is 0 Å². The van der Waals surface area contributed by atoms with Gasteiger partial charge >= 0.3 is 0 Å². The molecule has 1 saturated carbocycles. The van der Waals surface area contributed by atoms with Crippen molar-refractivity contribution in [2.24, 2.45) is 5.92 Å². The number of Topliss-reactive ketones (excluding diaryl/α,β-unsaturated/α-hetero) is 1. The Labute approximate surface area is 65.1 Å². The zero-order valence-corrected chi connectivity index (χ0v) is 6.40. The molecule has 10 heavy (non-hydrogen) atoms. The van der Waals surface area contributed by atoms with Gasteiger partial charge in [0.1, 0.15) is 4.87 Å². The van der Waals surface area contributed by atoms with E-state index in [0.29, 0.717) is 12.3 Å². The second-order valence-corrected chi connectivity index (χ2v) is 3.87. The second-order valence-electron chi connectivity index (χ2n) is 3.20. The van der Waals surface area contributed by atoms with Crippen LogP contribution in [0.3, 0.4) is 0 Å². The number of allylic oxidation sites excluding steroid dienone is 2. The minimum atomic E-state index is -0.594. The van der Waals surface area contributed by atoms with E-state index in [1.54, 1.807) is 0 Å². The normalized spacial score (nSPS) is 44.5. The molecule has 0 aromatic heterocycles. The standard InChI is InChI=1S/C8H9ClO/c9-8-3-1-2-6(5-8)4-7(8)10/h1,3,6H,2,4-5H2. The fraction of sp³-hybridized carbons (Fsp3) is 0.625. The molecule has 0 heterocycles. The number of ketones is 1. The Bertz CT molecular complexity index is 209. The van der Waals surface area contributed by atoms with Crippen molar-refractivity contribution in [2.45, 2.75) is 24.1 Å². The van der Waals surface area contributed by atoms with Crippen LogP contribution >= 0.6 is 11.6 Å². The van der Waals surface area contributed by atoms with Gasteiger partial charge in [-0.25, -0.2) is 0 Å². The fourth-order valence-corrected chi connectivity index (χ4v) is 2.20. The van der Waals surface area contributed by atoms with Crippen LogP contribution < -0.4 is 0 Å². The summed E-state index contributed by atoms with van der Waals surface area (Å²) in [7, 11) is 0. The first-order valence-electron chi connectivity index (χ1n) is 3.61. The van der Waals surface area contributed by atoms with Gasteiger partial charge in [-0.2, -0.15) is 0 Å². The van der Waals surface area contributed by atoms with E-state index in [2.05, 4.69) is 0 Å². The summed E-state index contributed by atoms with van der Waals surface area (Å²) in [4.78, 5) is 10.6. The molecule has 54 valence electrons. The first-order valence-corrected chi connectivity index (χ1v) is 3.98. The van der Waals surface area contributed by atoms with E-state index >= 15 is 0 Å². The first-order chi connectivity index (χ1) is 4.71. The van der Waals surface area contributed by atoms with Gasteiger partial charge in [0.25, 0.3) is 0 Å². The molecule has 1 fully saturated rings. The molecule has 0 amide bonds. The summed E-state index contributed by atoms with van der Waals surface area (Å²) in [6, 6.07) is 0. The Morgan fingerprint density at radius 1 is 1.70 bits per heavy atom. The predicted octanol–water partition coefficient (Wildman–Crippen LogP) is 1.90. The van der Waals surface area contributed by atoms with Gasteiger partial charge in [0, 0.05) is 6.42 Å². The van der Waals surface area contributed by atoms with Crippen LogP contribution in [0.15, 0.2) is 12.2 Å². The fourth-order valence-electron chi connectivity index (χ4n) is 1.81. The topological polar surface area (TPSA) is 17.1 Å². The predicted molar refractivity (Wildman–Crippen MR) is 40.1 cm³/mol. The molecule has 2 aliphatic carbocycles. The third-order valence-corrected chi connectivity index (χ3v) is 2.87. The molecule has 2 rings (SSSR count). The Balaban J connectivity index is 2.39. The number of hydrogen-bond acceptors (Lipinski definition) is 1. The van der Waals surface area contributed by atoms with Crippen LogP contribution in [-0.4, -0.2) is 10.7 Å². The number of hydrogen-bond donors (Lipinski definition) is 0. The number of fused-ring (bicyclic) bond motifs is 2. The maximum atomic E-state index is 11.2. The molecule has 1 nitrogen and oxygen atoms in total. The molecule has 2 aliphatic rings. The maximum Gasteiger partial charge on any atom is 0.157 e. The third kappa shape index (κ3) is 0.734. The molecular weight excluding hydrogens is 148 g/mol. The molecule has 2 atom stereocenters. The van der Waals surface area contributed by atoms with Crippen LogP contribution in [0.25, 0.3) is 0 Å². The number of carbonyl (C=O) groups is 1. The summed E-state index contributed by atoms with van der Waals surface area (Å²) >= 11 is 6.02. The highest BCUT2D eigenvalue weighted by atomic mass is 35.5. The first kappa shape index (κ1) is 6.41. The number of rotatable bonds is 0. The highest BCUT2D eigenvalue weighted by Gasteiger charge is 2.44. The lowest BCUT2D eigenvalue weighted by molar-refractivity contribution is -0.118. The lowest BCUT2D eigenvalue weighted by Crippen LogP contribution is -2.24. The van der Waals surface area contributed by atoms with Crippen molar-refractivity contribution in [3.05, 3.63) is 12.2 Å². The Hall–Kier alpha value is -0.300. The quantitative estimate of drug-likeness (QED) is 0.387. The second kappa shape index (κ2) is 1.85. The average Bonchev–Trinajstić information content (AvgIpc) is 2.04. The van der Waals surface area contributed by atoms with Crippen molar-refractivity contribution < 1.29 is 4.79 Å². The lowest BCUT2D eigenvalue weighted by Gasteiger charge is -2.18. The van der Waals surface area contributed by atoms with Gasteiger partial charge in [-0.3, -0.25) is 4.79 Å². The summed E-state index contributed by atoms with van der Waals surface area (Å²) in [6.07, 6.45) is 6.49. The van der Waals surface area contributed by atoms with Gasteiger partial charge < -0.3 is 0 Å². The molecular formula is C8H9ClO. The van der Waals surface area contributed by atoms with Crippen LogP contribution in [0, 0.1) is 5.92 Å². The van der Waals surface area contributed by atoms with Crippen LogP contribution in [0.5, 0.6) is 0 Å². The Kier molecular flexibility index (Phi) is 1.19. The summed E-state index contributed by atoms with van der Waals surface area (Å²) in [6.45, 7) is 0. The summed E-state index contributed by atoms with van der Waals surface area (Å²) < 4.78 is 0. The van der Waals surface area contributed by atoms with Crippen molar-refractivity contribution >= 4 is 17.4 Å². The third-order valence-electron chi connectivity index (χ3n) is 2.37. The molecule has 0 aromatic carbocycles. The van der Waals surface area contributed by atoms with Crippen LogP contribution in [0.2, 0.25) is 0 Å². The van der Waals surface area contributed by atoms with Gasteiger partial charge in [-0.1, -0.05) is 12.2 Å². The molecule has 2 unspecified atom stereocenters. The van der Waals surface area contributed by atoms with E-state index in [-0.39, 0.29) is 5.78 Å². The molecule has 2 heteroatoms. The summed E-state index contributed by atoms with van der Waals surface area (Å²) in [5, 5.41) is 0. The monoisotopic (exact) mass is 156 g/mol. The minimum Gasteiger partial charge on any atom is -0.297 e. The number of halogens is 1. The Morgan fingerprint density at radius 3 is 3.10 bits per heavy atom. The highest BCUT2D eigenvalue weighted by molar-refractivity contribution is 6.37. The van der Waals surface area contributed by atoms with Gasteiger partial charge in [-0.15, -0.1) is 11.6 Å². The van der Waals surface area contributed by atoms with Gasteiger partial charge in [0.2, 0.25) is 0 Å². The zero-order valence-electron chi connectivity index (χ0n) is 5.64.